The van der Waals surface area contributed by atoms with E-state index in [-0.39, 0.29) is 17.4 Å². The van der Waals surface area contributed by atoms with E-state index in [4.69, 9.17) is 0 Å². The molecule has 192 valence electrons. The van der Waals surface area contributed by atoms with Crippen LogP contribution in [-0.2, 0) is 11.0 Å². The molecule has 0 radical (unpaired) electrons. The van der Waals surface area contributed by atoms with Crippen LogP contribution in [0.2, 0.25) is 0 Å². The fraction of sp³-hybridized carbons (Fsp3) is 0.172. The number of nitrogens with one attached hydrogen (secondary N) is 2. The molecule has 9 heteroatoms. The highest BCUT2D eigenvalue weighted by Crippen LogP contribution is 2.32. The van der Waals surface area contributed by atoms with Crippen molar-refractivity contribution in [2.45, 2.75) is 25.9 Å². The van der Waals surface area contributed by atoms with Crippen molar-refractivity contribution in [1.82, 2.24) is 9.97 Å². The van der Waals surface area contributed by atoms with E-state index in [2.05, 4.69) is 20.6 Å². The van der Waals surface area contributed by atoms with Crippen LogP contribution in [-0.4, -0.2) is 21.8 Å². The minimum Gasteiger partial charge on any atom is -0.322 e. The average molecular weight is 517 g/mol. The van der Waals surface area contributed by atoms with Crippen LogP contribution in [0.15, 0.2) is 79.1 Å². The van der Waals surface area contributed by atoms with E-state index in [0.717, 1.165) is 59.4 Å². The first kappa shape index (κ1) is 25.1. The molecule has 4 aromatic rings. The van der Waals surface area contributed by atoms with Gasteiger partial charge in [-0.1, -0.05) is 6.07 Å². The summed E-state index contributed by atoms with van der Waals surface area (Å²) in [5.41, 5.74) is 3.96. The standard InChI is InChI=1S/C29H23F3N4O2/c1-17-2-9-23(35-27(37)19-5-7-22(8-6-19)29(30,31)32)16-24(17)20-10-12-33-25(14-20)21-11-13-34-26(15-21)36-28(38)18-3-4-18/h2,5-16,18H,3-4H2,1H3,(H,35,37)(H,34,36,38). The van der Waals surface area contributed by atoms with E-state index in [1.807, 2.05) is 37.3 Å². The summed E-state index contributed by atoms with van der Waals surface area (Å²) in [5.74, 6) is -0.00342. The summed E-state index contributed by atoms with van der Waals surface area (Å²) in [7, 11) is 0. The van der Waals surface area contributed by atoms with Crippen molar-refractivity contribution in [1.29, 1.82) is 0 Å². The molecule has 1 saturated carbocycles. The second-order valence-corrected chi connectivity index (χ2v) is 9.18. The zero-order valence-electron chi connectivity index (χ0n) is 20.3. The highest BCUT2D eigenvalue weighted by molar-refractivity contribution is 6.04. The Bertz CT molecular complexity index is 1510. The van der Waals surface area contributed by atoms with Gasteiger partial charge in [0, 0.05) is 35.1 Å². The number of nitrogens with zero attached hydrogens (tertiary/aromatic N) is 2. The van der Waals surface area contributed by atoms with Gasteiger partial charge in [-0.15, -0.1) is 0 Å². The lowest BCUT2D eigenvalue weighted by molar-refractivity contribution is -0.137. The van der Waals surface area contributed by atoms with Crippen molar-refractivity contribution in [2.24, 2.45) is 5.92 Å². The summed E-state index contributed by atoms with van der Waals surface area (Å²) in [6, 6.07) is 16.8. The molecule has 2 N–H and O–H groups in total. The van der Waals surface area contributed by atoms with E-state index in [9.17, 15) is 22.8 Å². The van der Waals surface area contributed by atoms with Gasteiger partial charge in [0.2, 0.25) is 5.91 Å². The maximum Gasteiger partial charge on any atom is 0.416 e. The number of rotatable bonds is 6. The molecule has 2 aromatic heterocycles. The number of benzene rings is 2. The van der Waals surface area contributed by atoms with Gasteiger partial charge < -0.3 is 10.6 Å². The quantitative estimate of drug-likeness (QED) is 0.297. The van der Waals surface area contributed by atoms with Crippen LogP contribution in [0.4, 0.5) is 24.7 Å². The number of halogens is 3. The summed E-state index contributed by atoms with van der Waals surface area (Å²) in [5, 5.41) is 5.60. The van der Waals surface area contributed by atoms with Gasteiger partial charge in [0.05, 0.1) is 11.3 Å². The van der Waals surface area contributed by atoms with Crippen LogP contribution in [0, 0.1) is 12.8 Å². The number of anilines is 2. The van der Waals surface area contributed by atoms with Crippen LogP contribution in [0.3, 0.4) is 0 Å². The summed E-state index contributed by atoms with van der Waals surface area (Å²) in [6.07, 6.45) is 0.637. The summed E-state index contributed by atoms with van der Waals surface area (Å²) < 4.78 is 38.5. The van der Waals surface area contributed by atoms with Gasteiger partial charge in [-0.05, 0) is 97.1 Å². The zero-order chi connectivity index (χ0) is 26.9. The minimum atomic E-state index is -4.47. The molecule has 38 heavy (non-hydrogen) atoms. The molecule has 0 unspecified atom stereocenters. The topological polar surface area (TPSA) is 84.0 Å². The molecule has 2 heterocycles. The molecular weight excluding hydrogens is 493 g/mol. The van der Waals surface area contributed by atoms with E-state index in [1.54, 1.807) is 24.5 Å². The Hall–Kier alpha value is -4.53. The number of alkyl halides is 3. The molecule has 1 aliphatic rings. The monoisotopic (exact) mass is 516 g/mol. The Balaban J connectivity index is 1.36. The van der Waals surface area contributed by atoms with Crippen molar-refractivity contribution < 1.29 is 22.8 Å². The maximum absolute atomic E-state index is 12.8. The smallest absolute Gasteiger partial charge is 0.322 e. The molecule has 0 aliphatic heterocycles. The second-order valence-electron chi connectivity index (χ2n) is 9.18. The van der Waals surface area contributed by atoms with Gasteiger partial charge in [-0.3, -0.25) is 14.6 Å². The van der Waals surface area contributed by atoms with Gasteiger partial charge in [-0.25, -0.2) is 4.98 Å². The zero-order valence-corrected chi connectivity index (χ0v) is 20.3. The molecule has 0 spiro atoms. The number of aryl methyl sites for hydroxylation is 1. The van der Waals surface area contributed by atoms with E-state index in [1.165, 1.54) is 0 Å². The number of carbonyl (C=O) groups excluding carboxylic acids is 2. The summed E-state index contributed by atoms with van der Waals surface area (Å²) in [6.45, 7) is 1.94. The van der Waals surface area contributed by atoms with Gasteiger partial charge >= 0.3 is 6.18 Å². The summed E-state index contributed by atoms with van der Waals surface area (Å²) >= 11 is 0. The third kappa shape index (κ3) is 5.72. The van der Waals surface area contributed by atoms with Crippen LogP contribution in [0.5, 0.6) is 0 Å². The fourth-order valence-electron chi connectivity index (χ4n) is 4.01. The number of hydrogen-bond acceptors (Lipinski definition) is 4. The van der Waals surface area contributed by atoms with Gasteiger partial charge in [0.15, 0.2) is 0 Å². The van der Waals surface area contributed by atoms with Gasteiger partial charge in [-0.2, -0.15) is 13.2 Å². The molecule has 2 aromatic carbocycles. The lowest BCUT2D eigenvalue weighted by Gasteiger charge is -2.12. The molecule has 0 bridgehead atoms. The van der Waals surface area contributed by atoms with E-state index < -0.39 is 17.6 Å². The number of amides is 2. The van der Waals surface area contributed by atoms with Gasteiger partial charge in [0.25, 0.3) is 5.91 Å². The van der Waals surface area contributed by atoms with Crippen molar-refractivity contribution in [3.05, 3.63) is 95.8 Å². The van der Waals surface area contributed by atoms with Crippen LogP contribution >= 0.6 is 0 Å². The van der Waals surface area contributed by atoms with Crippen LogP contribution in [0.25, 0.3) is 22.4 Å². The van der Waals surface area contributed by atoms with Crippen molar-refractivity contribution in [3.63, 3.8) is 0 Å². The molecule has 0 saturated heterocycles. The SMILES string of the molecule is Cc1ccc(NC(=O)c2ccc(C(F)(F)F)cc2)cc1-c1ccnc(-c2ccnc(NC(=O)C3CC3)c2)c1. The third-order valence-corrected chi connectivity index (χ3v) is 6.30. The Kier molecular flexibility index (Phi) is 6.67. The highest BCUT2D eigenvalue weighted by Gasteiger charge is 2.30. The fourth-order valence-corrected chi connectivity index (χ4v) is 4.01. The number of aromatic nitrogens is 2. The maximum atomic E-state index is 12.8. The minimum absolute atomic E-state index is 0.0258. The third-order valence-electron chi connectivity index (χ3n) is 6.30. The predicted molar refractivity (Wildman–Crippen MR) is 138 cm³/mol. The first-order valence-corrected chi connectivity index (χ1v) is 12.0. The van der Waals surface area contributed by atoms with Crippen molar-refractivity contribution in [3.8, 4) is 22.4 Å². The normalized spacial score (nSPS) is 13.2. The molecule has 1 aliphatic carbocycles. The molecule has 5 rings (SSSR count). The lowest BCUT2D eigenvalue weighted by atomic mass is 9.99. The number of pyridine rings is 2. The first-order valence-electron chi connectivity index (χ1n) is 12.0. The number of hydrogen-bond donors (Lipinski definition) is 2. The summed E-state index contributed by atoms with van der Waals surface area (Å²) in [4.78, 5) is 33.5. The Morgan fingerprint density at radius 2 is 1.55 bits per heavy atom. The Labute approximate surface area is 217 Å². The van der Waals surface area contributed by atoms with Crippen molar-refractivity contribution >= 4 is 23.3 Å². The van der Waals surface area contributed by atoms with Crippen LogP contribution in [0.1, 0.15) is 34.3 Å². The predicted octanol–water partition coefficient (Wildman–Crippen LogP) is 6.74. The van der Waals surface area contributed by atoms with Crippen LogP contribution < -0.4 is 10.6 Å². The van der Waals surface area contributed by atoms with Crippen molar-refractivity contribution in [2.75, 3.05) is 10.6 Å². The molecule has 0 atom stereocenters. The first-order chi connectivity index (χ1) is 18.2. The van der Waals surface area contributed by atoms with E-state index in [0.29, 0.717) is 17.2 Å². The number of carbonyl (C=O) groups is 2. The molecular formula is C29H23F3N4O2. The molecule has 1 fully saturated rings. The lowest BCUT2D eigenvalue weighted by Crippen LogP contribution is -2.14. The van der Waals surface area contributed by atoms with Gasteiger partial charge in [0.1, 0.15) is 5.82 Å². The molecule has 2 amide bonds. The molecule has 6 nitrogen and oxygen atoms in total. The average Bonchev–Trinajstić information content (AvgIpc) is 3.75. The highest BCUT2D eigenvalue weighted by atomic mass is 19.4. The Morgan fingerprint density at radius 3 is 2.26 bits per heavy atom. The van der Waals surface area contributed by atoms with E-state index >= 15 is 0 Å². The second kappa shape index (κ2) is 10.1. The largest absolute Gasteiger partial charge is 0.416 e. The Morgan fingerprint density at radius 1 is 0.842 bits per heavy atom.